The van der Waals surface area contributed by atoms with E-state index in [0.29, 0.717) is 11.3 Å². The van der Waals surface area contributed by atoms with Crippen LogP contribution in [0, 0.1) is 0 Å². The van der Waals surface area contributed by atoms with Crippen LogP contribution in [-0.2, 0) is 7.05 Å². The van der Waals surface area contributed by atoms with Gasteiger partial charge in [0.15, 0.2) is 11.5 Å². The van der Waals surface area contributed by atoms with Crippen LogP contribution in [0.3, 0.4) is 0 Å². The molecule has 32 heavy (non-hydrogen) atoms. The molecule has 0 saturated carbocycles. The number of para-hydroxylation sites is 2. The summed E-state index contributed by atoms with van der Waals surface area (Å²) in [6.45, 7) is 0. The van der Waals surface area contributed by atoms with E-state index in [0.717, 1.165) is 10.9 Å². The third-order valence-corrected chi connectivity index (χ3v) is 5.10. The molecule has 0 aliphatic carbocycles. The molecule has 0 aliphatic heterocycles. The van der Waals surface area contributed by atoms with E-state index in [9.17, 15) is 9.59 Å². The number of anilines is 2. The highest BCUT2D eigenvalue weighted by molar-refractivity contribution is 6.19. The van der Waals surface area contributed by atoms with Crippen molar-refractivity contribution in [1.29, 1.82) is 0 Å². The maximum absolute atomic E-state index is 13.6. The minimum absolute atomic E-state index is 0.0145. The zero-order valence-corrected chi connectivity index (χ0v) is 17.0. The van der Waals surface area contributed by atoms with Crippen molar-refractivity contribution in [2.75, 3.05) is 11.1 Å². The van der Waals surface area contributed by atoms with Crippen LogP contribution in [0.5, 0.6) is 0 Å². The van der Waals surface area contributed by atoms with Gasteiger partial charge in [-0.25, -0.2) is 0 Å². The van der Waals surface area contributed by atoms with E-state index in [4.69, 9.17) is 5.73 Å². The molecule has 3 aromatic heterocycles. The van der Waals surface area contributed by atoms with Crippen LogP contribution in [0.2, 0.25) is 0 Å². The Kier molecular flexibility index (Phi) is 4.52. The molecule has 0 aliphatic rings. The average molecular weight is 426 g/mol. The highest BCUT2D eigenvalue weighted by atomic mass is 16.2. The number of rotatable bonds is 5. The second-order valence-corrected chi connectivity index (χ2v) is 7.17. The summed E-state index contributed by atoms with van der Waals surface area (Å²) >= 11 is 0. The number of hydrogen-bond donors (Lipinski definition) is 3. The number of aromatic amines is 1. The number of H-pyrrole nitrogens is 1. The summed E-state index contributed by atoms with van der Waals surface area (Å²) in [5.74, 6) is -0.778. The Bertz CT molecular complexity index is 1460. The molecule has 3 heterocycles. The van der Waals surface area contributed by atoms with Crippen molar-refractivity contribution in [2.24, 2.45) is 7.05 Å². The zero-order chi connectivity index (χ0) is 22.2. The molecule has 5 rings (SSSR count). The Hall–Kier alpha value is -4.73. The largest absolute Gasteiger partial charge is 0.383 e. The lowest BCUT2D eigenvalue weighted by Gasteiger charge is -2.02. The number of ketones is 1. The molecule has 0 spiro atoms. The predicted octanol–water partition coefficient (Wildman–Crippen LogP) is 2.55. The second kappa shape index (κ2) is 7.51. The van der Waals surface area contributed by atoms with Crippen LogP contribution >= 0.6 is 0 Å². The lowest BCUT2D eigenvalue weighted by atomic mass is 10.1. The van der Waals surface area contributed by atoms with Gasteiger partial charge in [0.25, 0.3) is 5.91 Å². The van der Waals surface area contributed by atoms with Crippen molar-refractivity contribution < 1.29 is 9.59 Å². The summed E-state index contributed by atoms with van der Waals surface area (Å²) in [6.07, 6.45) is 3.05. The fourth-order valence-corrected chi connectivity index (χ4v) is 3.52. The molecule has 0 saturated heterocycles. The topological polar surface area (TPSA) is 137 Å². The monoisotopic (exact) mass is 426 g/mol. The second-order valence-electron chi connectivity index (χ2n) is 7.17. The summed E-state index contributed by atoms with van der Waals surface area (Å²) in [6, 6.07) is 16.7. The van der Waals surface area contributed by atoms with E-state index in [1.807, 2.05) is 54.1 Å². The maximum atomic E-state index is 13.6. The molecule has 2 aromatic carbocycles. The zero-order valence-electron chi connectivity index (χ0n) is 17.0. The summed E-state index contributed by atoms with van der Waals surface area (Å²) < 4.78 is 1.87. The van der Waals surface area contributed by atoms with Gasteiger partial charge in [-0.2, -0.15) is 5.10 Å². The molecule has 0 bridgehead atoms. The van der Waals surface area contributed by atoms with Gasteiger partial charge in [0.1, 0.15) is 11.4 Å². The van der Waals surface area contributed by atoms with Crippen molar-refractivity contribution in [3.63, 3.8) is 0 Å². The van der Waals surface area contributed by atoms with E-state index in [-0.39, 0.29) is 28.7 Å². The number of hydrogen-bond acceptors (Lipinski definition) is 6. The number of nitrogens with zero attached hydrogens (tertiary/aromatic N) is 5. The van der Waals surface area contributed by atoms with Crippen LogP contribution in [0.1, 0.15) is 26.4 Å². The number of carbonyl (C=O) groups excluding carboxylic acids is 2. The third kappa shape index (κ3) is 3.19. The van der Waals surface area contributed by atoms with Crippen LogP contribution in [0.25, 0.3) is 16.6 Å². The maximum Gasteiger partial charge on any atom is 0.262 e. The number of nitrogen functional groups attached to an aromatic ring is 1. The number of benzene rings is 2. The predicted molar refractivity (Wildman–Crippen MR) is 119 cm³/mol. The van der Waals surface area contributed by atoms with Crippen molar-refractivity contribution in [3.05, 3.63) is 83.8 Å². The number of carbonyl (C=O) groups is 2. The molecule has 0 radical (unpaired) electrons. The molecule has 4 N–H and O–H groups in total. The normalized spacial score (nSPS) is 11.0. The average Bonchev–Trinajstić information content (AvgIpc) is 3.52. The highest BCUT2D eigenvalue weighted by Gasteiger charge is 2.26. The fraction of sp³-hybridized carbons (Fsp3) is 0.0455. The minimum Gasteiger partial charge on any atom is -0.383 e. The summed E-state index contributed by atoms with van der Waals surface area (Å²) in [4.78, 5) is 27.6. The van der Waals surface area contributed by atoms with Crippen molar-refractivity contribution >= 4 is 34.2 Å². The Morgan fingerprint density at radius 3 is 2.50 bits per heavy atom. The van der Waals surface area contributed by atoms with Gasteiger partial charge in [-0.3, -0.25) is 14.7 Å². The first-order valence-corrected chi connectivity index (χ1v) is 9.74. The van der Waals surface area contributed by atoms with E-state index >= 15 is 0 Å². The molecule has 0 unspecified atom stereocenters. The van der Waals surface area contributed by atoms with E-state index < -0.39 is 5.91 Å². The van der Waals surface area contributed by atoms with E-state index in [1.165, 1.54) is 11.0 Å². The Morgan fingerprint density at radius 1 is 1.00 bits per heavy atom. The quantitative estimate of drug-likeness (QED) is 0.370. The molecule has 5 aromatic rings. The lowest BCUT2D eigenvalue weighted by molar-refractivity contribution is 0.102. The van der Waals surface area contributed by atoms with Crippen LogP contribution < -0.4 is 11.1 Å². The number of nitrogens with two attached hydrogens (primary N) is 1. The summed E-state index contributed by atoms with van der Waals surface area (Å²) in [7, 11) is 1.87. The summed E-state index contributed by atoms with van der Waals surface area (Å²) in [5.41, 5.74) is 7.92. The van der Waals surface area contributed by atoms with Gasteiger partial charge in [-0.15, -0.1) is 15.0 Å². The van der Waals surface area contributed by atoms with Gasteiger partial charge in [0.05, 0.1) is 11.9 Å². The number of fused-ring (bicyclic) bond motifs is 1. The van der Waals surface area contributed by atoms with Crippen LogP contribution in [-0.4, -0.2) is 41.4 Å². The minimum atomic E-state index is -0.552. The van der Waals surface area contributed by atoms with E-state index in [2.05, 4.69) is 25.7 Å². The first-order valence-electron chi connectivity index (χ1n) is 9.74. The SMILES string of the molecule is Cn1cc(C(=O)c2nn(-c3ccccc3)nc2NC(=O)c2cn[nH]c2N)c2ccccc21. The van der Waals surface area contributed by atoms with Gasteiger partial charge in [0.2, 0.25) is 5.78 Å². The molecule has 0 fully saturated rings. The Balaban J connectivity index is 1.61. The fourth-order valence-electron chi connectivity index (χ4n) is 3.52. The first-order chi connectivity index (χ1) is 15.5. The van der Waals surface area contributed by atoms with Gasteiger partial charge in [-0.05, 0) is 18.2 Å². The molecule has 158 valence electrons. The van der Waals surface area contributed by atoms with E-state index in [1.54, 1.807) is 18.3 Å². The van der Waals surface area contributed by atoms with Crippen molar-refractivity contribution in [1.82, 2.24) is 29.8 Å². The molecule has 1 amide bonds. The molecule has 10 heteroatoms. The standard InChI is InChI=1S/C22H18N8O2/c1-29-12-16(14-9-5-6-10-17(14)29)19(31)18-21(25-22(32)15-11-24-26-20(15)23)28-30(27-18)13-7-3-2-4-8-13/h2-12H,1H3,(H3,23,24,26)(H,25,28,32). The Labute approximate surface area is 181 Å². The first kappa shape index (κ1) is 19.2. The molecular formula is C22H18N8O2. The van der Waals surface area contributed by atoms with Gasteiger partial charge in [-0.1, -0.05) is 36.4 Å². The highest BCUT2D eigenvalue weighted by Crippen LogP contribution is 2.25. The van der Waals surface area contributed by atoms with Crippen molar-refractivity contribution in [3.8, 4) is 5.69 Å². The van der Waals surface area contributed by atoms with Crippen LogP contribution in [0.4, 0.5) is 11.6 Å². The lowest BCUT2D eigenvalue weighted by Crippen LogP contribution is -2.16. The number of aromatic nitrogens is 6. The van der Waals surface area contributed by atoms with Gasteiger partial charge >= 0.3 is 0 Å². The smallest absolute Gasteiger partial charge is 0.262 e. The summed E-state index contributed by atoms with van der Waals surface area (Å²) in [5, 5.41) is 18.5. The van der Waals surface area contributed by atoms with Crippen LogP contribution in [0.15, 0.2) is 67.0 Å². The molecular weight excluding hydrogens is 408 g/mol. The number of aryl methyl sites for hydroxylation is 1. The van der Waals surface area contributed by atoms with Crippen molar-refractivity contribution in [2.45, 2.75) is 0 Å². The Morgan fingerprint density at radius 2 is 1.75 bits per heavy atom. The molecule has 0 atom stereocenters. The van der Waals surface area contributed by atoms with Gasteiger partial charge in [0, 0.05) is 29.7 Å². The molecule has 10 nitrogen and oxygen atoms in total. The number of amides is 1. The third-order valence-electron chi connectivity index (χ3n) is 5.10. The van der Waals surface area contributed by atoms with Gasteiger partial charge < -0.3 is 15.6 Å². The number of nitrogens with one attached hydrogen (secondary N) is 2.